The first-order valence-corrected chi connectivity index (χ1v) is 8.30. The van der Waals surface area contributed by atoms with Crippen LogP contribution < -0.4 is 5.32 Å². The van der Waals surface area contributed by atoms with Gasteiger partial charge in [-0.3, -0.25) is 14.9 Å². The number of rotatable bonds is 5. The lowest BCUT2D eigenvalue weighted by atomic mass is 9.86. The summed E-state index contributed by atoms with van der Waals surface area (Å²) in [6.45, 7) is 8.36. The number of nitrogens with zero attached hydrogens (tertiary/aromatic N) is 1. The van der Waals surface area contributed by atoms with Gasteiger partial charge in [0.2, 0.25) is 5.91 Å². The maximum Gasteiger partial charge on any atom is 0.273 e. The lowest BCUT2D eigenvalue weighted by molar-refractivity contribution is -0.385. The molecule has 0 fully saturated rings. The Hall–Kier alpha value is -2.69. The molecule has 1 amide bonds. The lowest BCUT2D eigenvalue weighted by Crippen LogP contribution is -2.28. The van der Waals surface area contributed by atoms with Gasteiger partial charge in [0.25, 0.3) is 5.69 Å². The Kier molecular flexibility index (Phi) is 5.57. The molecule has 0 aliphatic rings. The summed E-state index contributed by atoms with van der Waals surface area (Å²) in [7, 11) is 0. The molecule has 1 atom stereocenters. The fraction of sp³-hybridized carbons (Fsp3) is 0.350. The van der Waals surface area contributed by atoms with Crippen LogP contribution >= 0.6 is 0 Å². The molecule has 0 aliphatic heterocycles. The molecule has 0 aromatic heterocycles. The molecule has 5 heteroatoms. The Bertz CT molecular complexity index is 761. The number of amides is 1. The minimum atomic E-state index is -0.461. The third kappa shape index (κ3) is 4.89. The summed E-state index contributed by atoms with van der Waals surface area (Å²) in [5, 5.41) is 13.9. The first-order valence-electron chi connectivity index (χ1n) is 8.30. The summed E-state index contributed by atoms with van der Waals surface area (Å²) in [5.41, 5.74) is 2.70. The van der Waals surface area contributed by atoms with Crippen LogP contribution in [0, 0.1) is 10.1 Å². The number of nitrogens with one attached hydrogen (secondary N) is 1. The second-order valence-electron chi connectivity index (χ2n) is 7.22. The number of hydrogen-bond acceptors (Lipinski definition) is 3. The second kappa shape index (κ2) is 7.47. The van der Waals surface area contributed by atoms with E-state index in [1.165, 1.54) is 11.6 Å². The summed E-state index contributed by atoms with van der Waals surface area (Å²) in [4.78, 5) is 22.8. The summed E-state index contributed by atoms with van der Waals surface area (Å²) in [6, 6.07) is 14.3. The van der Waals surface area contributed by atoms with Crippen LogP contribution in [-0.4, -0.2) is 10.8 Å². The van der Waals surface area contributed by atoms with E-state index in [-0.39, 0.29) is 29.5 Å². The van der Waals surface area contributed by atoms with Crippen molar-refractivity contribution in [3.8, 4) is 0 Å². The molecular formula is C20H24N2O3. The summed E-state index contributed by atoms with van der Waals surface area (Å²) in [5.74, 6) is -0.235. The molecule has 0 saturated carbocycles. The third-order valence-electron chi connectivity index (χ3n) is 4.19. The number of nitro benzene ring substituents is 1. The lowest BCUT2D eigenvalue weighted by Gasteiger charge is -2.20. The SMILES string of the molecule is C[C@@H](NC(=O)Cc1ccccc1[N+](=O)[O-])c1ccc(C(C)(C)C)cc1. The van der Waals surface area contributed by atoms with Crippen LogP contribution in [-0.2, 0) is 16.6 Å². The van der Waals surface area contributed by atoms with E-state index in [1.54, 1.807) is 18.2 Å². The van der Waals surface area contributed by atoms with Gasteiger partial charge in [0.15, 0.2) is 0 Å². The standard InChI is InChI=1S/C20H24N2O3/c1-14(15-9-11-17(12-10-15)20(2,3)4)21-19(23)13-16-7-5-6-8-18(16)22(24)25/h5-12,14H,13H2,1-4H3,(H,21,23)/t14-/m1/s1. The summed E-state index contributed by atoms with van der Waals surface area (Å²) in [6.07, 6.45) is -0.0123. The second-order valence-corrected chi connectivity index (χ2v) is 7.22. The zero-order valence-electron chi connectivity index (χ0n) is 15.1. The quantitative estimate of drug-likeness (QED) is 0.651. The highest BCUT2D eigenvalue weighted by Crippen LogP contribution is 2.24. The molecule has 0 unspecified atom stereocenters. The van der Waals surface area contributed by atoms with Crippen LogP contribution in [0.3, 0.4) is 0 Å². The van der Waals surface area contributed by atoms with E-state index in [0.29, 0.717) is 5.56 Å². The smallest absolute Gasteiger partial charge is 0.273 e. The largest absolute Gasteiger partial charge is 0.349 e. The average Bonchev–Trinajstić information content (AvgIpc) is 2.54. The predicted molar refractivity (Wildman–Crippen MR) is 98.5 cm³/mol. The maximum atomic E-state index is 12.3. The predicted octanol–water partition coefficient (Wildman–Crippen LogP) is 4.31. The normalized spacial score (nSPS) is 12.5. The van der Waals surface area contributed by atoms with Crippen LogP contribution in [0.1, 0.15) is 50.4 Å². The van der Waals surface area contributed by atoms with E-state index < -0.39 is 4.92 Å². The van der Waals surface area contributed by atoms with Gasteiger partial charge in [0.1, 0.15) is 0 Å². The van der Waals surface area contributed by atoms with Crippen molar-refractivity contribution in [2.24, 2.45) is 0 Å². The van der Waals surface area contributed by atoms with E-state index in [4.69, 9.17) is 0 Å². The molecule has 0 aliphatic carbocycles. The van der Waals surface area contributed by atoms with Crippen molar-refractivity contribution in [1.82, 2.24) is 5.32 Å². The van der Waals surface area contributed by atoms with E-state index in [0.717, 1.165) is 5.56 Å². The van der Waals surface area contributed by atoms with Crippen LogP contribution in [0.25, 0.3) is 0 Å². The van der Waals surface area contributed by atoms with Gasteiger partial charge in [0.05, 0.1) is 17.4 Å². The first kappa shape index (κ1) is 18.6. The molecule has 5 nitrogen and oxygen atoms in total. The van der Waals surface area contributed by atoms with E-state index in [1.807, 2.05) is 19.1 Å². The first-order chi connectivity index (χ1) is 11.7. The van der Waals surface area contributed by atoms with Gasteiger partial charge in [-0.05, 0) is 23.5 Å². The highest BCUT2D eigenvalue weighted by atomic mass is 16.6. The Balaban J connectivity index is 2.04. The number of benzene rings is 2. The zero-order valence-corrected chi connectivity index (χ0v) is 15.1. The van der Waals surface area contributed by atoms with Gasteiger partial charge >= 0.3 is 0 Å². The van der Waals surface area contributed by atoms with Crippen molar-refractivity contribution in [3.05, 3.63) is 75.3 Å². The minimum Gasteiger partial charge on any atom is -0.349 e. The molecule has 25 heavy (non-hydrogen) atoms. The van der Waals surface area contributed by atoms with Crippen LogP contribution in [0.2, 0.25) is 0 Å². The van der Waals surface area contributed by atoms with Gasteiger partial charge in [-0.15, -0.1) is 0 Å². The Morgan fingerprint density at radius 2 is 1.72 bits per heavy atom. The summed E-state index contributed by atoms with van der Waals surface area (Å²) < 4.78 is 0. The van der Waals surface area contributed by atoms with Crippen LogP contribution in [0.5, 0.6) is 0 Å². The fourth-order valence-corrected chi connectivity index (χ4v) is 2.66. The Morgan fingerprint density at radius 3 is 2.28 bits per heavy atom. The van der Waals surface area contributed by atoms with Crippen LogP contribution in [0.15, 0.2) is 48.5 Å². The molecular weight excluding hydrogens is 316 g/mol. The molecule has 0 spiro atoms. The monoisotopic (exact) mass is 340 g/mol. The van der Waals surface area contributed by atoms with Crippen molar-refractivity contribution >= 4 is 11.6 Å². The van der Waals surface area contributed by atoms with Gasteiger partial charge in [-0.1, -0.05) is 63.2 Å². The van der Waals surface area contributed by atoms with Crippen molar-refractivity contribution in [1.29, 1.82) is 0 Å². The van der Waals surface area contributed by atoms with Crippen molar-refractivity contribution in [2.45, 2.75) is 45.6 Å². The Morgan fingerprint density at radius 1 is 1.12 bits per heavy atom. The van der Waals surface area contributed by atoms with E-state index in [9.17, 15) is 14.9 Å². The number of hydrogen-bond donors (Lipinski definition) is 1. The molecule has 0 saturated heterocycles. The molecule has 2 aromatic carbocycles. The van der Waals surface area contributed by atoms with Crippen molar-refractivity contribution in [2.75, 3.05) is 0 Å². The summed E-state index contributed by atoms with van der Waals surface area (Å²) >= 11 is 0. The molecule has 0 radical (unpaired) electrons. The molecule has 0 heterocycles. The number of carbonyl (C=O) groups excluding carboxylic acids is 1. The topological polar surface area (TPSA) is 72.2 Å². The van der Waals surface area contributed by atoms with Crippen LogP contribution in [0.4, 0.5) is 5.69 Å². The molecule has 0 bridgehead atoms. The average molecular weight is 340 g/mol. The molecule has 1 N–H and O–H groups in total. The molecule has 132 valence electrons. The highest BCUT2D eigenvalue weighted by molar-refractivity contribution is 5.80. The maximum absolute atomic E-state index is 12.3. The van der Waals surface area contributed by atoms with Crippen molar-refractivity contribution in [3.63, 3.8) is 0 Å². The Labute approximate surface area is 148 Å². The van der Waals surface area contributed by atoms with Gasteiger partial charge in [0, 0.05) is 11.6 Å². The number of carbonyl (C=O) groups is 1. The van der Waals surface area contributed by atoms with Gasteiger partial charge < -0.3 is 5.32 Å². The number of para-hydroxylation sites is 1. The zero-order chi connectivity index (χ0) is 18.6. The third-order valence-corrected chi connectivity index (χ3v) is 4.19. The van der Waals surface area contributed by atoms with Gasteiger partial charge in [-0.25, -0.2) is 0 Å². The van der Waals surface area contributed by atoms with E-state index >= 15 is 0 Å². The molecule has 2 rings (SSSR count). The van der Waals surface area contributed by atoms with E-state index in [2.05, 4.69) is 38.2 Å². The van der Waals surface area contributed by atoms with Gasteiger partial charge in [-0.2, -0.15) is 0 Å². The van der Waals surface area contributed by atoms with Crippen molar-refractivity contribution < 1.29 is 9.72 Å². The molecule has 2 aromatic rings. The minimum absolute atomic E-state index is 0.0123. The highest BCUT2D eigenvalue weighted by Gasteiger charge is 2.18. The fourth-order valence-electron chi connectivity index (χ4n) is 2.66. The number of nitro groups is 1.